The van der Waals surface area contributed by atoms with Gasteiger partial charge in [-0.1, -0.05) is 19.8 Å². The van der Waals surface area contributed by atoms with Crippen LogP contribution in [0, 0.1) is 12.8 Å². The van der Waals surface area contributed by atoms with E-state index in [0.717, 1.165) is 23.5 Å². The van der Waals surface area contributed by atoms with Crippen molar-refractivity contribution in [3.63, 3.8) is 0 Å². The van der Waals surface area contributed by atoms with E-state index in [-0.39, 0.29) is 17.4 Å². The van der Waals surface area contributed by atoms with Crippen molar-refractivity contribution in [1.82, 2.24) is 15.6 Å². The maximum absolute atomic E-state index is 12.3. The van der Waals surface area contributed by atoms with Gasteiger partial charge in [0.05, 0.1) is 5.54 Å². The predicted molar refractivity (Wildman–Crippen MR) is 78.2 cm³/mol. The predicted octanol–water partition coefficient (Wildman–Crippen LogP) is 2.19. The molecule has 2 N–H and O–H groups in total. The first-order valence-electron chi connectivity index (χ1n) is 6.96. The minimum absolute atomic E-state index is 0.0106. The Hall–Kier alpha value is -0.940. The van der Waals surface area contributed by atoms with Crippen molar-refractivity contribution < 1.29 is 4.79 Å². The number of carbonyl (C=O) groups is 1. The molecule has 0 spiro atoms. The molecular formula is C14H23N3OS. The van der Waals surface area contributed by atoms with E-state index >= 15 is 0 Å². The molecule has 0 saturated heterocycles. The van der Waals surface area contributed by atoms with Crippen molar-refractivity contribution in [1.29, 1.82) is 0 Å². The number of aromatic nitrogens is 1. The Bertz CT molecular complexity index is 438. The van der Waals surface area contributed by atoms with Crippen LogP contribution in [0.3, 0.4) is 0 Å². The molecule has 0 aliphatic heterocycles. The van der Waals surface area contributed by atoms with Crippen molar-refractivity contribution in [2.75, 3.05) is 13.6 Å². The van der Waals surface area contributed by atoms with Gasteiger partial charge < -0.3 is 10.6 Å². The van der Waals surface area contributed by atoms with Gasteiger partial charge in [0, 0.05) is 23.5 Å². The van der Waals surface area contributed by atoms with Crippen LogP contribution in [-0.2, 0) is 10.3 Å². The quantitative estimate of drug-likeness (QED) is 0.870. The molecule has 1 saturated carbocycles. The first kappa shape index (κ1) is 14.5. The SMILES string of the molecule is CNCC(C)C(=O)NC1(c2nc(C)cs2)CCCC1. The third kappa shape index (κ3) is 3.15. The first-order chi connectivity index (χ1) is 9.07. The van der Waals surface area contributed by atoms with Crippen molar-refractivity contribution in [2.45, 2.75) is 45.1 Å². The highest BCUT2D eigenvalue weighted by Gasteiger charge is 2.40. The molecule has 2 rings (SSSR count). The van der Waals surface area contributed by atoms with Gasteiger partial charge in [-0.25, -0.2) is 4.98 Å². The Morgan fingerprint density at radius 2 is 2.21 bits per heavy atom. The van der Waals surface area contributed by atoms with E-state index in [0.29, 0.717) is 6.54 Å². The van der Waals surface area contributed by atoms with E-state index in [2.05, 4.69) is 21.0 Å². The number of hydrogen-bond donors (Lipinski definition) is 2. The van der Waals surface area contributed by atoms with Crippen molar-refractivity contribution in [3.05, 3.63) is 16.1 Å². The van der Waals surface area contributed by atoms with Gasteiger partial charge in [0.2, 0.25) is 5.91 Å². The molecule has 1 aromatic heterocycles. The van der Waals surface area contributed by atoms with Crippen LogP contribution in [0.25, 0.3) is 0 Å². The van der Waals surface area contributed by atoms with Crippen molar-refractivity contribution >= 4 is 17.2 Å². The van der Waals surface area contributed by atoms with Crippen LogP contribution in [-0.4, -0.2) is 24.5 Å². The van der Waals surface area contributed by atoms with Crippen LogP contribution >= 0.6 is 11.3 Å². The van der Waals surface area contributed by atoms with Crippen molar-refractivity contribution in [2.24, 2.45) is 5.92 Å². The normalized spacial score (nSPS) is 19.3. The average molecular weight is 281 g/mol. The van der Waals surface area contributed by atoms with Gasteiger partial charge in [0.25, 0.3) is 0 Å². The van der Waals surface area contributed by atoms with Gasteiger partial charge in [-0.05, 0) is 26.8 Å². The van der Waals surface area contributed by atoms with E-state index < -0.39 is 0 Å². The van der Waals surface area contributed by atoms with Gasteiger partial charge in [-0.3, -0.25) is 4.79 Å². The molecule has 1 aliphatic carbocycles. The molecule has 0 radical (unpaired) electrons. The summed E-state index contributed by atoms with van der Waals surface area (Å²) in [7, 11) is 1.87. The Morgan fingerprint density at radius 3 is 2.74 bits per heavy atom. The molecule has 106 valence electrons. The molecule has 19 heavy (non-hydrogen) atoms. The van der Waals surface area contributed by atoms with E-state index in [1.165, 1.54) is 12.8 Å². The second kappa shape index (κ2) is 6.01. The molecular weight excluding hydrogens is 258 g/mol. The van der Waals surface area contributed by atoms with E-state index in [1.807, 2.05) is 20.9 Å². The molecule has 1 unspecified atom stereocenters. The third-order valence-electron chi connectivity index (χ3n) is 3.81. The van der Waals surface area contributed by atoms with Gasteiger partial charge in [0.1, 0.15) is 5.01 Å². The summed E-state index contributed by atoms with van der Waals surface area (Å²) in [5.41, 5.74) is 0.835. The molecule has 1 amide bonds. The summed E-state index contributed by atoms with van der Waals surface area (Å²) in [5.74, 6) is 0.118. The summed E-state index contributed by atoms with van der Waals surface area (Å²) in [6.45, 7) is 4.68. The lowest BCUT2D eigenvalue weighted by atomic mass is 9.97. The molecule has 1 heterocycles. The van der Waals surface area contributed by atoms with Crippen molar-refractivity contribution in [3.8, 4) is 0 Å². The minimum Gasteiger partial charge on any atom is -0.344 e. The summed E-state index contributed by atoms with van der Waals surface area (Å²) in [6.07, 6.45) is 4.36. The lowest BCUT2D eigenvalue weighted by Gasteiger charge is -2.29. The summed E-state index contributed by atoms with van der Waals surface area (Å²) in [5, 5.41) is 9.48. The Kier molecular flexibility index (Phi) is 4.58. The molecule has 1 atom stereocenters. The largest absolute Gasteiger partial charge is 0.344 e. The highest BCUT2D eigenvalue weighted by atomic mass is 32.1. The van der Waals surface area contributed by atoms with Gasteiger partial charge >= 0.3 is 0 Å². The number of thiazole rings is 1. The summed E-state index contributed by atoms with van der Waals surface area (Å²) in [6, 6.07) is 0. The number of aryl methyl sites for hydroxylation is 1. The van der Waals surface area contributed by atoms with Crippen LogP contribution in [0.1, 0.15) is 43.3 Å². The van der Waals surface area contributed by atoms with Crippen LogP contribution < -0.4 is 10.6 Å². The zero-order valence-electron chi connectivity index (χ0n) is 12.0. The highest BCUT2D eigenvalue weighted by Crippen LogP contribution is 2.40. The van der Waals surface area contributed by atoms with Crippen LogP contribution in [0.2, 0.25) is 0 Å². The minimum atomic E-state index is -0.210. The zero-order chi connectivity index (χ0) is 13.9. The zero-order valence-corrected chi connectivity index (χ0v) is 12.8. The van der Waals surface area contributed by atoms with Crippen LogP contribution in [0.4, 0.5) is 0 Å². The Morgan fingerprint density at radius 1 is 1.53 bits per heavy atom. The van der Waals surface area contributed by atoms with E-state index in [9.17, 15) is 4.79 Å². The number of rotatable bonds is 5. The fourth-order valence-electron chi connectivity index (χ4n) is 2.70. The van der Waals surface area contributed by atoms with E-state index in [4.69, 9.17) is 0 Å². The lowest BCUT2D eigenvalue weighted by molar-refractivity contribution is -0.126. The van der Waals surface area contributed by atoms with Crippen LogP contribution in [0.5, 0.6) is 0 Å². The summed E-state index contributed by atoms with van der Waals surface area (Å²) in [4.78, 5) is 16.9. The molecule has 5 heteroatoms. The van der Waals surface area contributed by atoms with Gasteiger partial charge in [-0.2, -0.15) is 0 Å². The highest BCUT2D eigenvalue weighted by molar-refractivity contribution is 7.09. The number of amides is 1. The monoisotopic (exact) mass is 281 g/mol. The molecule has 0 bridgehead atoms. The smallest absolute Gasteiger partial charge is 0.224 e. The third-order valence-corrected chi connectivity index (χ3v) is 4.97. The summed E-state index contributed by atoms with van der Waals surface area (Å²) >= 11 is 1.67. The number of carbonyl (C=O) groups excluding carboxylic acids is 1. The lowest BCUT2D eigenvalue weighted by Crippen LogP contribution is -2.47. The topological polar surface area (TPSA) is 54.0 Å². The number of nitrogens with zero attached hydrogens (tertiary/aromatic N) is 1. The maximum Gasteiger partial charge on any atom is 0.224 e. The number of nitrogens with one attached hydrogen (secondary N) is 2. The second-order valence-electron chi connectivity index (χ2n) is 5.53. The second-order valence-corrected chi connectivity index (χ2v) is 6.39. The van der Waals surface area contributed by atoms with Crippen LogP contribution in [0.15, 0.2) is 5.38 Å². The van der Waals surface area contributed by atoms with E-state index in [1.54, 1.807) is 11.3 Å². The molecule has 1 fully saturated rings. The maximum atomic E-state index is 12.3. The number of hydrogen-bond acceptors (Lipinski definition) is 4. The average Bonchev–Trinajstić information content (AvgIpc) is 2.99. The fourth-order valence-corrected chi connectivity index (χ4v) is 3.71. The Balaban J connectivity index is 2.14. The molecule has 4 nitrogen and oxygen atoms in total. The molecule has 1 aromatic rings. The van der Waals surface area contributed by atoms with Gasteiger partial charge in [0.15, 0.2) is 0 Å². The first-order valence-corrected chi connectivity index (χ1v) is 7.84. The standard InChI is InChI=1S/C14H23N3OS/c1-10(8-15-3)12(18)17-14(6-4-5-7-14)13-16-11(2)9-19-13/h9-10,15H,4-8H2,1-3H3,(H,17,18). The fraction of sp³-hybridized carbons (Fsp3) is 0.714. The molecule has 0 aromatic carbocycles. The Labute approximate surface area is 119 Å². The van der Waals surface area contributed by atoms with Gasteiger partial charge in [-0.15, -0.1) is 11.3 Å². The molecule has 1 aliphatic rings. The summed E-state index contributed by atoms with van der Waals surface area (Å²) < 4.78 is 0.